The van der Waals surface area contributed by atoms with E-state index in [9.17, 15) is 14.4 Å². The largest absolute Gasteiger partial charge is 0.352 e. The molecule has 1 unspecified atom stereocenters. The van der Waals surface area contributed by atoms with Crippen molar-refractivity contribution < 1.29 is 14.4 Å². The SMILES string of the molecule is NC(=O)NCC(=O)N1CCCC2(CCC(=O)N(Cc3ccccc3)C2)C1. The first kappa shape index (κ1) is 18.2. The summed E-state index contributed by atoms with van der Waals surface area (Å²) >= 11 is 0. The zero-order chi connectivity index (χ0) is 18.6. The average molecular weight is 358 g/mol. The molecule has 0 bridgehead atoms. The molecule has 1 aromatic rings. The molecule has 2 heterocycles. The molecule has 2 aliphatic rings. The minimum absolute atomic E-state index is 0.0523. The zero-order valence-corrected chi connectivity index (χ0v) is 14.9. The third-order valence-electron chi connectivity index (χ3n) is 5.39. The van der Waals surface area contributed by atoms with E-state index in [0.29, 0.717) is 32.6 Å². The molecule has 1 spiro atoms. The van der Waals surface area contributed by atoms with Crippen molar-refractivity contribution in [2.75, 3.05) is 26.2 Å². The topological polar surface area (TPSA) is 95.7 Å². The van der Waals surface area contributed by atoms with Gasteiger partial charge in [-0.3, -0.25) is 9.59 Å². The van der Waals surface area contributed by atoms with E-state index in [1.807, 2.05) is 35.2 Å². The molecular weight excluding hydrogens is 332 g/mol. The Morgan fingerprint density at radius 3 is 2.65 bits per heavy atom. The summed E-state index contributed by atoms with van der Waals surface area (Å²) in [6.45, 7) is 2.53. The average Bonchev–Trinajstić information content (AvgIpc) is 2.64. The first-order valence-corrected chi connectivity index (χ1v) is 9.10. The summed E-state index contributed by atoms with van der Waals surface area (Å²) in [5, 5.41) is 2.37. The Balaban J connectivity index is 1.65. The van der Waals surface area contributed by atoms with Crippen molar-refractivity contribution in [2.45, 2.75) is 32.2 Å². The molecule has 1 aromatic carbocycles. The van der Waals surface area contributed by atoms with Gasteiger partial charge in [0.1, 0.15) is 0 Å². The summed E-state index contributed by atoms with van der Waals surface area (Å²) in [5.41, 5.74) is 6.11. The lowest BCUT2D eigenvalue weighted by molar-refractivity contribution is -0.143. The second kappa shape index (κ2) is 7.76. The number of hydrogen-bond acceptors (Lipinski definition) is 3. The molecule has 2 aliphatic heterocycles. The first-order chi connectivity index (χ1) is 12.5. The second-order valence-corrected chi connectivity index (χ2v) is 7.37. The van der Waals surface area contributed by atoms with Crippen LogP contribution in [0.5, 0.6) is 0 Å². The minimum atomic E-state index is -0.692. The predicted octanol–water partition coefficient (Wildman–Crippen LogP) is 1.09. The summed E-state index contributed by atoms with van der Waals surface area (Å²) in [6, 6.07) is 9.29. The molecule has 0 radical (unpaired) electrons. The van der Waals surface area contributed by atoms with Gasteiger partial charge < -0.3 is 20.9 Å². The fraction of sp³-hybridized carbons (Fsp3) is 0.526. The lowest BCUT2D eigenvalue weighted by atomic mass is 9.73. The van der Waals surface area contributed by atoms with Gasteiger partial charge in [0.15, 0.2) is 0 Å². The summed E-state index contributed by atoms with van der Waals surface area (Å²) in [4.78, 5) is 39.3. The summed E-state index contributed by atoms with van der Waals surface area (Å²) < 4.78 is 0. The van der Waals surface area contributed by atoms with E-state index >= 15 is 0 Å². The quantitative estimate of drug-likeness (QED) is 0.843. The normalized spacial score (nSPS) is 23.2. The molecule has 2 fully saturated rings. The molecule has 3 rings (SSSR count). The van der Waals surface area contributed by atoms with Crippen molar-refractivity contribution >= 4 is 17.8 Å². The monoisotopic (exact) mass is 358 g/mol. The molecule has 4 amide bonds. The fourth-order valence-electron chi connectivity index (χ4n) is 4.08. The number of nitrogens with zero attached hydrogens (tertiary/aromatic N) is 2. The van der Waals surface area contributed by atoms with E-state index in [1.165, 1.54) is 0 Å². The van der Waals surface area contributed by atoms with Gasteiger partial charge in [-0.05, 0) is 24.8 Å². The van der Waals surface area contributed by atoms with Crippen LogP contribution >= 0.6 is 0 Å². The molecular formula is C19H26N4O3. The van der Waals surface area contributed by atoms with Gasteiger partial charge in [-0.25, -0.2) is 4.79 Å². The highest BCUT2D eigenvalue weighted by Gasteiger charge is 2.42. The van der Waals surface area contributed by atoms with Crippen LogP contribution in [0, 0.1) is 5.41 Å². The van der Waals surface area contributed by atoms with Gasteiger partial charge in [-0.15, -0.1) is 0 Å². The van der Waals surface area contributed by atoms with E-state index in [4.69, 9.17) is 5.73 Å². The molecule has 7 nitrogen and oxygen atoms in total. The van der Waals surface area contributed by atoms with Gasteiger partial charge in [-0.2, -0.15) is 0 Å². The first-order valence-electron chi connectivity index (χ1n) is 9.10. The highest BCUT2D eigenvalue weighted by molar-refractivity contribution is 5.83. The van der Waals surface area contributed by atoms with Crippen LogP contribution in [-0.2, 0) is 16.1 Å². The lowest BCUT2D eigenvalue weighted by Crippen LogP contribution is -2.56. The van der Waals surface area contributed by atoms with Gasteiger partial charge >= 0.3 is 6.03 Å². The maximum Gasteiger partial charge on any atom is 0.312 e. The van der Waals surface area contributed by atoms with Crippen LogP contribution in [0.1, 0.15) is 31.2 Å². The van der Waals surface area contributed by atoms with Crippen LogP contribution in [0.25, 0.3) is 0 Å². The molecule has 0 aliphatic carbocycles. The van der Waals surface area contributed by atoms with Crippen molar-refractivity contribution in [1.82, 2.24) is 15.1 Å². The Labute approximate surface area is 153 Å². The number of benzene rings is 1. The third kappa shape index (κ3) is 4.33. The number of likely N-dealkylation sites (tertiary alicyclic amines) is 2. The Hall–Kier alpha value is -2.57. The van der Waals surface area contributed by atoms with E-state index in [2.05, 4.69) is 5.32 Å². The summed E-state index contributed by atoms with van der Waals surface area (Å²) in [5.74, 6) is 0.0627. The second-order valence-electron chi connectivity index (χ2n) is 7.37. The number of nitrogens with one attached hydrogen (secondary N) is 1. The number of nitrogens with two attached hydrogens (primary N) is 1. The molecule has 2 saturated heterocycles. The maximum atomic E-state index is 12.4. The molecule has 1 atom stereocenters. The lowest BCUT2D eigenvalue weighted by Gasteiger charge is -2.48. The van der Waals surface area contributed by atoms with Gasteiger partial charge in [0, 0.05) is 38.0 Å². The number of rotatable bonds is 4. The highest BCUT2D eigenvalue weighted by Crippen LogP contribution is 2.39. The number of primary amides is 1. The van der Waals surface area contributed by atoms with Gasteiger partial charge in [0.2, 0.25) is 11.8 Å². The standard InChI is InChI=1S/C19H26N4O3/c20-18(26)21-11-17(25)22-10-4-8-19(13-22)9-7-16(24)23(14-19)12-15-5-2-1-3-6-15/h1-3,5-6H,4,7-14H2,(H3,20,21,26). The van der Waals surface area contributed by atoms with Crippen LogP contribution in [-0.4, -0.2) is 53.8 Å². The van der Waals surface area contributed by atoms with Crippen molar-refractivity contribution in [2.24, 2.45) is 11.1 Å². The minimum Gasteiger partial charge on any atom is -0.352 e. The number of amides is 4. The molecule has 7 heteroatoms. The van der Waals surface area contributed by atoms with Crippen molar-refractivity contribution in [3.05, 3.63) is 35.9 Å². The van der Waals surface area contributed by atoms with Gasteiger partial charge in [0.25, 0.3) is 0 Å². The summed E-state index contributed by atoms with van der Waals surface area (Å²) in [6.07, 6.45) is 3.26. The molecule has 26 heavy (non-hydrogen) atoms. The fourth-order valence-corrected chi connectivity index (χ4v) is 4.08. The number of carbonyl (C=O) groups is 3. The van der Waals surface area contributed by atoms with Gasteiger partial charge in [-0.1, -0.05) is 30.3 Å². The molecule has 0 saturated carbocycles. The molecule has 0 aromatic heterocycles. The Morgan fingerprint density at radius 2 is 1.92 bits per heavy atom. The Bertz CT molecular complexity index is 679. The van der Waals surface area contributed by atoms with E-state index < -0.39 is 6.03 Å². The maximum absolute atomic E-state index is 12.4. The Kier molecular flexibility index (Phi) is 5.44. The van der Waals surface area contributed by atoms with Crippen LogP contribution < -0.4 is 11.1 Å². The van der Waals surface area contributed by atoms with Crippen molar-refractivity contribution in [3.8, 4) is 0 Å². The predicted molar refractivity (Wildman–Crippen MR) is 96.9 cm³/mol. The number of hydrogen-bond donors (Lipinski definition) is 2. The van der Waals surface area contributed by atoms with E-state index in [0.717, 1.165) is 24.8 Å². The van der Waals surface area contributed by atoms with Crippen LogP contribution in [0.3, 0.4) is 0 Å². The smallest absolute Gasteiger partial charge is 0.312 e. The number of urea groups is 1. The van der Waals surface area contributed by atoms with Gasteiger partial charge in [0.05, 0.1) is 6.54 Å². The third-order valence-corrected chi connectivity index (χ3v) is 5.39. The van der Waals surface area contributed by atoms with Crippen molar-refractivity contribution in [3.63, 3.8) is 0 Å². The number of carbonyl (C=O) groups excluding carboxylic acids is 3. The highest BCUT2D eigenvalue weighted by atomic mass is 16.2. The van der Waals surface area contributed by atoms with E-state index in [-0.39, 0.29) is 23.8 Å². The molecule has 3 N–H and O–H groups in total. The zero-order valence-electron chi connectivity index (χ0n) is 14.9. The molecule has 140 valence electrons. The summed E-state index contributed by atoms with van der Waals surface area (Å²) in [7, 11) is 0. The van der Waals surface area contributed by atoms with Crippen LogP contribution in [0.4, 0.5) is 4.79 Å². The van der Waals surface area contributed by atoms with E-state index in [1.54, 1.807) is 4.90 Å². The Morgan fingerprint density at radius 1 is 1.15 bits per heavy atom. The van der Waals surface area contributed by atoms with Crippen molar-refractivity contribution in [1.29, 1.82) is 0 Å². The van der Waals surface area contributed by atoms with Crippen LogP contribution in [0.15, 0.2) is 30.3 Å². The number of piperidine rings is 2. The van der Waals surface area contributed by atoms with Crippen LogP contribution in [0.2, 0.25) is 0 Å².